The van der Waals surface area contributed by atoms with E-state index in [0.717, 1.165) is 22.9 Å². The minimum Gasteiger partial charge on any atom is -0.392 e. The van der Waals surface area contributed by atoms with Gasteiger partial charge in [0.2, 0.25) is 0 Å². The highest BCUT2D eigenvalue weighted by molar-refractivity contribution is 5.68. The molecule has 2 aromatic heterocycles. The third-order valence-corrected chi connectivity index (χ3v) is 4.54. The van der Waals surface area contributed by atoms with Gasteiger partial charge in [-0.25, -0.2) is 13.8 Å². The number of halogens is 2. The van der Waals surface area contributed by atoms with Crippen LogP contribution in [0.25, 0.3) is 28.0 Å². The maximum Gasteiger partial charge on any atom is 0.139 e. The van der Waals surface area contributed by atoms with Crippen molar-refractivity contribution >= 4 is 5.65 Å². The number of nitrogens with zero attached hydrogens (tertiary/aromatic N) is 2. The lowest BCUT2D eigenvalue weighted by Gasteiger charge is -2.08. The molecule has 4 rings (SSSR count). The molecule has 0 unspecified atom stereocenters. The molecule has 0 radical (unpaired) electrons. The fourth-order valence-corrected chi connectivity index (χ4v) is 3.04. The number of benzene rings is 2. The highest BCUT2D eigenvalue weighted by atomic mass is 19.1. The Hall–Kier alpha value is -3.09. The van der Waals surface area contributed by atoms with Gasteiger partial charge >= 0.3 is 0 Å². The van der Waals surface area contributed by atoms with Crippen LogP contribution in [0.3, 0.4) is 0 Å². The van der Waals surface area contributed by atoms with Gasteiger partial charge in [-0.3, -0.25) is 0 Å². The molecule has 27 heavy (non-hydrogen) atoms. The van der Waals surface area contributed by atoms with E-state index < -0.39 is 18.2 Å². The summed E-state index contributed by atoms with van der Waals surface area (Å²) in [6, 6.07) is 13.4. The number of hydrogen-bond donors (Lipinski definition) is 2. The van der Waals surface area contributed by atoms with Crippen LogP contribution in [0.1, 0.15) is 11.1 Å². The Balaban J connectivity index is 1.77. The monoisotopic (exact) mass is 366 g/mol. The first-order valence-corrected chi connectivity index (χ1v) is 8.37. The van der Waals surface area contributed by atoms with Gasteiger partial charge in [0.1, 0.15) is 17.3 Å². The normalized spacial score (nSPS) is 11.3. The number of imidazole rings is 1. The molecule has 6 heteroatoms. The van der Waals surface area contributed by atoms with Gasteiger partial charge in [-0.1, -0.05) is 24.3 Å². The summed E-state index contributed by atoms with van der Waals surface area (Å²) in [5.41, 5.74) is 3.56. The second kappa shape index (κ2) is 6.90. The zero-order valence-corrected chi connectivity index (χ0v) is 14.2. The summed E-state index contributed by atoms with van der Waals surface area (Å²) in [6.07, 6.45) is 3.53. The average molecular weight is 366 g/mol. The Labute approximate surface area is 154 Å². The van der Waals surface area contributed by atoms with Crippen molar-refractivity contribution in [1.82, 2.24) is 9.38 Å². The predicted octanol–water partition coefficient (Wildman–Crippen LogP) is 3.93. The third-order valence-electron chi connectivity index (χ3n) is 4.54. The quantitative estimate of drug-likeness (QED) is 0.575. The van der Waals surface area contributed by atoms with Crippen molar-refractivity contribution in [3.8, 4) is 22.4 Å². The zero-order valence-electron chi connectivity index (χ0n) is 14.2. The molecule has 0 aliphatic rings. The van der Waals surface area contributed by atoms with Crippen molar-refractivity contribution in [2.45, 2.75) is 13.2 Å². The predicted molar refractivity (Wildman–Crippen MR) is 97.8 cm³/mol. The summed E-state index contributed by atoms with van der Waals surface area (Å²) < 4.78 is 29.9. The van der Waals surface area contributed by atoms with Crippen LogP contribution in [0.4, 0.5) is 8.78 Å². The van der Waals surface area contributed by atoms with Gasteiger partial charge in [0.05, 0.1) is 18.9 Å². The number of rotatable bonds is 4. The van der Waals surface area contributed by atoms with Crippen LogP contribution in [0.5, 0.6) is 0 Å². The molecule has 0 atom stereocenters. The van der Waals surface area contributed by atoms with Crippen molar-refractivity contribution < 1.29 is 19.0 Å². The number of hydrogen-bond acceptors (Lipinski definition) is 3. The van der Waals surface area contributed by atoms with Crippen LogP contribution in [0.2, 0.25) is 0 Å². The fraction of sp³-hybridized carbons (Fsp3) is 0.0952. The maximum atomic E-state index is 14.5. The molecule has 4 nitrogen and oxygen atoms in total. The lowest BCUT2D eigenvalue weighted by atomic mass is 10.0. The van der Waals surface area contributed by atoms with E-state index >= 15 is 0 Å². The molecule has 0 amide bonds. The summed E-state index contributed by atoms with van der Waals surface area (Å²) in [6.45, 7) is -0.722. The molecule has 0 spiro atoms. The first-order valence-electron chi connectivity index (χ1n) is 8.37. The van der Waals surface area contributed by atoms with Crippen molar-refractivity contribution in [2.75, 3.05) is 0 Å². The van der Waals surface area contributed by atoms with E-state index in [2.05, 4.69) is 4.98 Å². The van der Waals surface area contributed by atoms with Gasteiger partial charge in [-0.05, 0) is 29.8 Å². The molecule has 0 bridgehead atoms. The Kier molecular flexibility index (Phi) is 4.43. The number of pyridine rings is 1. The highest BCUT2D eigenvalue weighted by Gasteiger charge is 2.15. The summed E-state index contributed by atoms with van der Waals surface area (Å²) in [4.78, 5) is 4.55. The lowest BCUT2D eigenvalue weighted by molar-refractivity contribution is 0.269. The van der Waals surface area contributed by atoms with E-state index in [9.17, 15) is 13.9 Å². The Bertz CT molecular complexity index is 1120. The molecular weight excluding hydrogens is 350 g/mol. The molecule has 2 heterocycles. The van der Waals surface area contributed by atoms with E-state index in [1.165, 1.54) is 6.07 Å². The number of fused-ring (bicyclic) bond motifs is 1. The molecule has 0 fully saturated rings. The Morgan fingerprint density at radius 1 is 0.815 bits per heavy atom. The second-order valence-corrected chi connectivity index (χ2v) is 6.21. The summed E-state index contributed by atoms with van der Waals surface area (Å²) in [5.74, 6) is -1.53. The molecular formula is C21H16F2N2O2. The lowest BCUT2D eigenvalue weighted by Crippen LogP contribution is -1.98. The Morgan fingerprint density at radius 2 is 1.56 bits per heavy atom. The van der Waals surface area contributed by atoms with Crippen LogP contribution >= 0.6 is 0 Å². The largest absolute Gasteiger partial charge is 0.392 e. The topological polar surface area (TPSA) is 57.8 Å². The summed E-state index contributed by atoms with van der Waals surface area (Å²) in [5, 5.41) is 18.3. The smallest absolute Gasteiger partial charge is 0.139 e. The van der Waals surface area contributed by atoms with Gasteiger partial charge in [0.25, 0.3) is 0 Å². The van der Waals surface area contributed by atoms with Crippen LogP contribution in [0, 0.1) is 11.6 Å². The van der Waals surface area contributed by atoms with Crippen LogP contribution < -0.4 is 0 Å². The molecule has 2 aromatic carbocycles. The van der Waals surface area contributed by atoms with Crippen molar-refractivity contribution in [3.05, 3.63) is 83.7 Å². The van der Waals surface area contributed by atoms with E-state index in [0.29, 0.717) is 11.2 Å². The van der Waals surface area contributed by atoms with Crippen molar-refractivity contribution in [1.29, 1.82) is 0 Å². The zero-order chi connectivity index (χ0) is 19.0. The van der Waals surface area contributed by atoms with E-state index in [4.69, 9.17) is 5.11 Å². The van der Waals surface area contributed by atoms with Gasteiger partial charge in [-0.15, -0.1) is 0 Å². The van der Waals surface area contributed by atoms with Crippen LogP contribution in [-0.2, 0) is 13.2 Å². The minimum atomic E-state index is -0.768. The molecule has 4 aromatic rings. The second-order valence-electron chi connectivity index (χ2n) is 6.21. The summed E-state index contributed by atoms with van der Waals surface area (Å²) in [7, 11) is 0. The molecule has 2 N–H and O–H groups in total. The van der Waals surface area contributed by atoms with E-state index in [1.54, 1.807) is 22.7 Å². The number of aliphatic hydroxyl groups is 2. The van der Waals surface area contributed by atoms with Gasteiger partial charge in [0, 0.05) is 34.6 Å². The Morgan fingerprint density at radius 3 is 2.26 bits per heavy atom. The summed E-state index contributed by atoms with van der Waals surface area (Å²) >= 11 is 0. The van der Waals surface area contributed by atoms with Crippen molar-refractivity contribution in [2.24, 2.45) is 0 Å². The highest BCUT2D eigenvalue weighted by Crippen LogP contribution is 2.28. The van der Waals surface area contributed by atoms with Crippen LogP contribution in [0.15, 0.2) is 60.9 Å². The first kappa shape index (κ1) is 17.3. The van der Waals surface area contributed by atoms with E-state index in [1.807, 2.05) is 30.5 Å². The molecule has 0 saturated carbocycles. The van der Waals surface area contributed by atoms with Crippen molar-refractivity contribution in [3.63, 3.8) is 0 Å². The average Bonchev–Trinajstić information content (AvgIpc) is 3.12. The van der Waals surface area contributed by atoms with Crippen LogP contribution in [-0.4, -0.2) is 19.6 Å². The maximum absolute atomic E-state index is 14.5. The number of aliphatic hydroxyl groups excluding tert-OH is 2. The van der Waals surface area contributed by atoms with Gasteiger partial charge < -0.3 is 14.6 Å². The molecule has 0 aliphatic carbocycles. The van der Waals surface area contributed by atoms with E-state index in [-0.39, 0.29) is 17.7 Å². The third kappa shape index (κ3) is 3.09. The SMILES string of the molecule is OCc1ccc(-c2cn3cc(-c4ccc(F)c(CO)c4F)ccc3n2)cc1. The standard InChI is InChI=1S/C21H16F2N2O2/c22-18-7-6-16(21(23)17(18)12-27)15-5-8-20-24-19(10-25(20)9-15)14-3-1-13(11-26)2-4-14/h1-10,26-27H,11-12H2. The fourth-order valence-electron chi connectivity index (χ4n) is 3.04. The molecule has 0 saturated heterocycles. The molecule has 0 aliphatic heterocycles. The first-order chi connectivity index (χ1) is 13.1. The van der Waals surface area contributed by atoms with Gasteiger partial charge in [-0.2, -0.15) is 0 Å². The molecule has 136 valence electrons. The number of aromatic nitrogens is 2. The van der Waals surface area contributed by atoms with Gasteiger partial charge in [0.15, 0.2) is 0 Å². The minimum absolute atomic E-state index is 0.0200.